The molecule has 0 aliphatic rings. The highest BCUT2D eigenvalue weighted by Gasteiger charge is 2.25. The Labute approximate surface area is 181 Å². The molecule has 0 bridgehead atoms. The standard InChI is InChI=1S/C22H17FN4O3S/c1-14(21(28)24-17-11-6-5-10-16(17)23)30-22(29)19-25-20(18-12-7-13-31-18)27(26-19)15-8-3-2-4-9-15/h2-14H,1H3,(H,24,28). The molecule has 2 aromatic heterocycles. The lowest BCUT2D eigenvalue weighted by atomic mass is 10.3. The molecule has 9 heteroatoms. The van der Waals surface area contributed by atoms with Crippen LogP contribution in [0.4, 0.5) is 10.1 Å². The zero-order valence-electron chi connectivity index (χ0n) is 16.4. The second-order valence-corrected chi connectivity index (χ2v) is 7.45. The van der Waals surface area contributed by atoms with Gasteiger partial charge in [-0.15, -0.1) is 16.4 Å². The molecule has 0 radical (unpaired) electrons. The van der Waals surface area contributed by atoms with Crippen LogP contribution in [-0.2, 0) is 9.53 Å². The van der Waals surface area contributed by atoms with Gasteiger partial charge >= 0.3 is 5.97 Å². The lowest BCUT2D eigenvalue weighted by Gasteiger charge is -2.12. The number of nitrogens with zero attached hydrogens (tertiary/aromatic N) is 3. The lowest BCUT2D eigenvalue weighted by molar-refractivity contribution is -0.123. The summed E-state index contributed by atoms with van der Waals surface area (Å²) in [4.78, 5) is 30.1. The summed E-state index contributed by atoms with van der Waals surface area (Å²) in [5.74, 6) is -1.81. The third kappa shape index (κ3) is 4.51. The number of para-hydroxylation sites is 2. The van der Waals surface area contributed by atoms with E-state index in [9.17, 15) is 14.0 Å². The normalized spacial score (nSPS) is 11.7. The van der Waals surface area contributed by atoms with Gasteiger partial charge in [-0.1, -0.05) is 36.4 Å². The van der Waals surface area contributed by atoms with Crippen molar-refractivity contribution in [2.24, 2.45) is 0 Å². The molecule has 156 valence electrons. The largest absolute Gasteiger partial charge is 0.447 e. The molecule has 1 N–H and O–H groups in total. The number of anilines is 1. The van der Waals surface area contributed by atoms with Gasteiger partial charge in [-0.25, -0.2) is 13.9 Å². The average Bonchev–Trinajstić information content (AvgIpc) is 3.46. The highest BCUT2D eigenvalue weighted by molar-refractivity contribution is 7.13. The Morgan fingerprint density at radius 1 is 1.06 bits per heavy atom. The molecule has 0 saturated carbocycles. The molecule has 4 rings (SSSR count). The first-order chi connectivity index (χ1) is 15.0. The van der Waals surface area contributed by atoms with Crippen molar-refractivity contribution in [2.75, 3.05) is 5.32 Å². The van der Waals surface area contributed by atoms with Crippen molar-refractivity contribution < 1.29 is 18.7 Å². The fourth-order valence-electron chi connectivity index (χ4n) is 2.78. The van der Waals surface area contributed by atoms with Gasteiger partial charge in [0.1, 0.15) is 5.82 Å². The molecular formula is C22H17FN4O3S. The van der Waals surface area contributed by atoms with Crippen LogP contribution in [-0.4, -0.2) is 32.7 Å². The van der Waals surface area contributed by atoms with E-state index in [1.807, 2.05) is 47.8 Å². The van der Waals surface area contributed by atoms with Crippen LogP contribution in [0.15, 0.2) is 72.1 Å². The number of benzene rings is 2. The number of aromatic nitrogens is 3. The maximum Gasteiger partial charge on any atom is 0.379 e. The molecule has 0 aliphatic carbocycles. The van der Waals surface area contributed by atoms with Crippen molar-refractivity contribution in [1.29, 1.82) is 0 Å². The van der Waals surface area contributed by atoms with Crippen LogP contribution in [0.3, 0.4) is 0 Å². The van der Waals surface area contributed by atoms with Gasteiger partial charge in [0.15, 0.2) is 11.9 Å². The predicted molar refractivity (Wildman–Crippen MR) is 115 cm³/mol. The number of esters is 1. The van der Waals surface area contributed by atoms with Crippen LogP contribution >= 0.6 is 11.3 Å². The van der Waals surface area contributed by atoms with Gasteiger partial charge in [0.25, 0.3) is 11.7 Å². The summed E-state index contributed by atoms with van der Waals surface area (Å²) in [5.41, 5.74) is 0.727. The molecule has 31 heavy (non-hydrogen) atoms. The van der Waals surface area contributed by atoms with Gasteiger partial charge in [-0.2, -0.15) is 4.98 Å². The second-order valence-electron chi connectivity index (χ2n) is 6.50. The minimum Gasteiger partial charge on any atom is -0.447 e. The molecule has 0 fully saturated rings. The number of hydrogen-bond donors (Lipinski definition) is 1. The minimum atomic E-state index is -1.18. The topological polar surface area (TPSA) is 86.1 Å². The van der Waals surface area contributed by atoms with Crippen LogP contribution < -0.4 is 5.32 Å². The average molecular weight is 436 g/mol. The Balaban J connectivity index is 1.54. The van der Waals surface area contributed by atoms with Crippen molar-refractivity contribution in [2.45, 2.75) is 13.0 Å². The molecule has 2 aromatic carbocycles. The summed E-state index contributed by atoms with van der Waals surface area (Å²) in [5, 5.41) is 8.58. The number of nitrogens with one attached hydrogen (secondary N) is 1. The highest BCUT2D eigenvalue weighted by Crippen LogP contribution is 2.25. The van der Waals surface area contributed by atoms with Crippen molar-refractivity contribution in [1.82, 2.24) is 14.8 Å². The molecule has 2 heterocycles. The van der Waals surface area contributed by atoms with Crippen molar-refractivity contribution in [3.05, 3.63) is 83.8 Å². The Hall–Kier alpha value is -3.85. The minimum absolute atomic E-state index is 0.00172. The maximum absolute atomic E-state index is 13.7. The van der Waals surface area contributed by atoms with E-state index in [1.54, 1.807) is 10.7 Å². The Bertz CT molecular complexity index is 1210. The van der Waals surface area contributed by atoms with E-state index in [0.717, 1.165) is 10.6 Å². The number of ether oxygens (including phenoxy) is 1. The smallest absolute Gasteiger partial charge is 0.379 e. The summed E-state index contributed by atoms with van der Waals surface area (Å²) in [6.07, 6.45) is -1.18. The van der Waals surface area contributed by atoms with E-state index in [1.165, 1.54) is 36.5 Å². The van der Waals surface area contributed by atoms with Crippen molar-refractivity contribution in [3.8, 4) is 16.4 Å². The number of amides is 1. The molecule has 1 amide bonds. The summed E-state index contributed by atoms with van der Waals surface area (Å²) >= 11 is 1.46. The van der Waals surface area contributed by atoms with E-state index in [-0.39, 0.29) is 11.5 Å². The quantitative estimate of drug-likeness (QED) is 0.455. The molecule has 0 saturated heterocycles. The first-order valence-electron chi connectivity index (χ1n) is 9.35. The van der Waals surface area contributed by atoms with E-state index >= 15 is 0 Å². The van der Waals surface area contributed by atoms with E-state index < -0.39 is 23.8 Å². The van der Waals surface area contributed by atoms with Crippen molar-refractivity contribution in [3.63, 3.8) is 0 Å². The second kappa shape index (κ2) is 8.88. The predicted octanol–water partition coefficient (Wildman–Crippen LogP) is 4.32. The lowest BCUT2D eigenvalue weighted by Crippen LogP contribution is -2.30. The first-order valence-corrected chi connectivity index (χ1v) is 10.2. The molecule has 4 aromatic rings. The molecule has 7 nitrogen and oxygen atoms in total. The Morgan fingerprint density at radius 2 is 1.81 bits per heavy atom. The molecule has 1 unspecified atom stereocenters. The first kappa shape index (κ1) is 20.4. The van der Waals surface area contributed by atoms with Gasteiger partial charge < -0.3 is 10.1 Å². The molecule has 0 spiro atoms. The van der Waals surface area contributed by atoms with Crippen molar-refractivity contribution >= 4 is 28.9 Å². The third-order valence-electron chi connectivity index (χ3n) is 4.32. The Kier molecular flexibility index (Phi) is 5.85. The maximum atomic E-state index is 13.7. The van der Waals surface area contributed by atoms with Crippen LogP contribution in [0.2, 0.25) is 0 Å². The van der Waals surface area contributed by atoms with Crippen LogP contribution in [0.1, 0.15) is 17.5 Å². The number of carbonyl (C=O) groups excluding carboxylic acids is 2. The molecular weight excluding hydrogens is 419 g/mol. The Morgan fingerprint density at radius 3 is 2.52 bits per heavy atom. The van der Waals surface area contributed by atoms with Gasteiger partial charge in [0.05, 0.1) is 16.3 Å². The zero-order chi connectivity index (χ0) is 21.8. The zero-order valence-corrected chi connectivity index (χ0v) is 17.2. The molecule has 0 aliphatic heterocycles. The van der Waals surface area contributed by atoms with Crippen LogP contribution in [0.5, 0.6) is 0 Å². The number of hydrogen-bond acceptors (Lipinski definition) is 6. The monoisotopic (exact) mass is 436 g/mol. The van der Waals surface area contributed by atoms with Gasteiger partial charge in [-0.05, 0) is 42.6 Å². The number of thiophene rings is 1. The fourth-order valence-corrected chi connectivity index (χ4v) is 3.48. The van der Waals surface area contributed by atoms with Gasteiger partial charge in [0.2, 0.25) is 0 Å². The van der Waals surface area contributed by atoms with Crippen LogP contribution in [0.25, 0.3) is 16.4 Å². The summed E-state index contributed by atoms with van der Waals surface area (Å²) in [6, 6.07) is 18.7. The van der Waals surface area contributed by atoms with Gasteiger partial charge in [0, 0.05) is 0 Å². The molecule has 1 atom stereocenters. The summed E-state index contributed by atoms with van der Waals surface area (Å²) in [6.45, 7) is 1.39. The van der Waals surface area contributed by atoms with E-state index in [2.05, 4.69) is 15.4 Å². The third-order valence-corrected chi connectivity index (χ3v) is 5.18. The summed E-state index contributed by atoms with van der Waals surface area (Å²) in [7, 11) is 0. The SMILES string of the molecule is CC(OC(=O)c1nc(-c2cccs2)n(-c2ccccc2)n1)C(=O)Nc1ccccc1F. The highest BCUT2D eigenvalue weighted by atomic mass is 32.1. The van der Waals surface area contributed by atoms with E-state index in [0.29, 0.717) is 5.82 Å². The van der Waals surface area contributed by atoms with E-state index in [4.69, 9.17) is 4.74 Å². The summed E-state index contributed by atoms with van der Waals surface area (Å²) < 4.78 is 20.5. The van der Waals surface area contributed by atoms with Crippen LogP contribution in [0, 0.1) is 5.82 Å². The van der Waals surface area contributed by atoms with Gasteiger partial charge in [-0.3, -0.25) is 4.79 Å². The number of halogens is 1. The number of carbonyl (C=O) groups is 2. The number of rotatable bonds is 6. The fraction of sp³-hybridized carbons (Fsp3) is 0.0909.